The number of hydrogen-bond donors (Lipinski definition) is 3. The van der Waals surface area contributed by atoms with Crippen molar-refractivity contribution in [1.29, 1.82) is 0 Å². The predicted octanol–water partition coefficient (Wildman–Crippen LogP) is 3.51. The van der Waals surface area contributed by atoms with Gasteiger partial charge < -0.3 is 15.6 Å². The maximum Gasteiger partial charge on any atom is 0.319 e. The predicted molar refractivity (Wildman–Crippen MR) is 85.6 cm³/mol. The van der Waals surface area contributed by atoms with E-state index in [2.05, 4.69) is 27.5 Å². The summed E-state index contributed by atoms with van der Waals surface area (Å²) in [5, 5.41) is 7.61. The van der Waals surface area contributed by atoms with Crippen molar-refractivity contribution in [3.63, 3.8) is 0 Å². The van der Waals surface area contributed by atoms with Gasteiger partial charge in [0.2, 0.25) is 0 Å². The number of nitrogens with zero attached hydrogens (tertiary/aromatic N) is 1. The number of rotatable bonds is 4. The lowest BCUT2D eigenvalue weighted by Gasteiger charge is -2.07. The summed E-state index contributed by atoms with van der Waals surface area (Å²) in [5.74, 6) is 0. The van der Waals surface area contributed by atoms with E-state index in [1.807, 2.05) is 36.7 Å². The maximum atomic E-state index is 12.0. The second-order valence-electron chi connectivity index (χ2n) is 4.63. The molecule has 2 heterocycles. The summed E-state index contributed by atoms with van der Waals surface area (Å²) in [5.41, 5.74) is 1.79. The van der Waals surface area contributed by atoms with Gasteiger partial charge in [-0.1, -0.05) is 13.0 Å². The van der Waals surface area contributed by atoms with Gasteiger partial charge in [0.1, 0.15) is 5.01 Å². The van der Waals surface area contributed by atoms with E-state index in [9.17, 15) is 4.79 Å². The Bertz CT molecular complexity index is 762. The van der Waals surface area contributed by atoms with Crippen LogP contribution in [0.5, 0.6) is 0 Å². The first kappa shape index (κ1) is 13.6. The van der Waals surface area contributed by atoms with Crippen molar-refractivity contribution in [3.8, 4) is 0 Å². The number of fused-ring (bicyclic) bond motifs is 1. The molecule has 0 atom stereocenters. The Kier molecular flexibility index (Phi) is 3.87. The van der Waals surface area contributed by atoms with Crippen molar-refractivity contribution < 1.29 is 4.79 Å². The molecule has 0 bridgehead atoms. The standard InChI is InChI=1S/C15H16N4OS/c1-2-10-8-17-14(21-10)9-18-15(20)19-13-5-3-4-12-11(13)6-7-16-12/h3-8,16H,2,9H2,1H3,(H2,18,19,20). The van der Waals surface area contributed by atoms with Crippen LogP contribution in [-0.2, 0) is 13.0 Å². The summed E-state index contributed by atoms with van der Waals surface area (Å²) in [6.07, 6.45) is 4.69. The molecule has 0 saturated heterocycles. The lowest BCUT2D eigenvalue weighted by molar-refractivity contribution is 0.252. The fourth-order valence-corrected chi connectivity index (χ4v) is 2.91. The van der Waals surface area contributed by atoms with Crippen LogP contribution in [0.15, 0.2) is 36.7 Å². The molecular formula is C15H16N4OS. The minimum Gasteiger partial charge on any atom is -0.361 e. The van der Waals surface area contributed by atoms with E-state index in [1.165, 1.54) is 4.88 Å². The van der Waals surface area contributed by atoms with Crippen LogP contribution >= 0.6 is 11.3 Å². The van der Waals surface area contributed by atoms with E-state index in [0.29, 0.717) is 6.54 Å². The molecule has 0 radical (unpaired) electrons. The summed E-state index contributed by atoms with van der Waals surface area (Å²) in [4.78, 5) is 20.6. The summed E-state index contributed by atoms with van der Waals surface area (Å²) in [7, 11) is 0. The molecule has 0 aliphatic heterocycles. The average molecular weight is 300 g/mol. The van der Waals surface area contributed by atoms with Gasteiger partial charge in [0.05, 0.1) is 12.2 Å². The minimum atomic E-state index is -0.225. The molecule has 0 unspecified atom stereocenters. The van der Waals surface area contributed by atoms with Crippen molar-refractivity contribution in [2.75, 3.05) is 5.32 Å². The minimum absolute atomic E-state index is 0.225. The van der Waals surface area contributed by atoms with Crippen LogP contribution in [-0.4, -0.2) is 16.0 Å². The van der Waals surface area contributed by atoms with Gasteiger partial charge in [-0.05, 0) is 24.6 Å². The van der Waals surface area contributed by atoms with Crippen LogP contribution < -0.4 is 10.6 Å². The molecule has 3 rings (SSSR count). The van der Waals surface area contributed by atoms with Gasteiger partial charge in [-0.3, -0.25) is 0 Å². The van der Waals surface area contributed by atoms with E-state index in [0.717, 1.165) is 28.0 Å². The SMILES string of the molecule is CCc1cnc(CNC(=O)Nc2cccc3[nH]ccc23)s1. The lowest BCUT2D eigenvalue weighted by atomic mass is 10.2. The molecule has 108 valence electrons. The lowest BCUT2D eigenvalue weighted by Crippen LogP contribution is -2.28. The summed E-state index contributed by atoms with van der Waals surface area (Å²) in [6.45, 7) is 2.54. The smallest absolute Gasteiger partial charge is 0.319 e. The highest BCUT2D eigenvalue weighted by Crippen LogP contribution is 2.22. The van der Waals surface area contributed by atoms with E-state index in [1.54, 1.807) is 11.3 Å². The summed E-state index contributed by atoms with van der Waals surface area (Å²) in [6, 6.07) is 7.48. The molecule has 0 aliphatic rings. The summed E-state index contributed by atoms with van der Waals surface area (Å²) < 4.78 is 0. The molecule has 3 aromatic rings. The maximum absolute atomic E-state index is 12.0. The normalized spacial score (nSPS) is 10.7. The van der Waals surface area contributed by atoms with Crippen LogP contribution in [0.2, 0.25) is 0 Å². The quantitative estimate of drug-likeness (QED) is 0.690. The monoisotopic (exact) mass is 300 g/mol. The van der Waals surface area contributed by atoms with Crippen LogP contribution in [0.4, 0.5) is 10.5 Å². The number of thiazole rings is 1. The summed E-state index contributed by atoms with van der Waals surface area (Å²) >= 11 is 1.63. The van der Waals surface area contributed by atoms with Crippen LogP contribution in [0.25, 0.3) is 10.9 Å². The highest BCUT2D eigenvalue weighted by molar-refractivity contribution is 7.11. The molecule has 0 fully saturated rings. The molecule has 1 aromatic carbocycles. The number of aromatic amines is 1. The van der Waals surface area contributed by atoms with Gasteiger partial charge in [-0.15, -0.1) is 11.3 Å². The topological polar surface area (TPSA) is 69.8 Å². The molecule has 0 spiro atoms. The zero-order chi connectivity index (χ0) is 14.7. The Labute approximate surface area is 126 Å². The molecular weight excluding hydrogens is 284 g/mol. The van der Waals surface area contributed by atoms with Crippen molar-refractivity contribution >= 4 is 34.0 Å². The highest BCUT2D eigenvalue weighted by Gasteiger charge is 2.07. The van der Waals surface area contributed by atoms with E-state index < -0.39 is 0 Å². The van der Waals surface area contributed by atoms with E-state index >= 15 is 0 Å². The van der Waals surface area contributed by atoms with Gasteiger partial charge >= 0.3 is 6.03 Å². The number of carbonyl (C=O) groups excluding carboxylic acids is 1. The van der Waals surface area contributed by atoms with Crippen LogP contribution in [0.3, 0.4) is 0 Å². The Hall–Kier alpha value is -2.34. The number of urea groups is 1. The molecule has 3 N–H and O–H groups in total. The number of anilines is 1. The van der Waals surface area contributed by atoms with Crippen LogP contribution in [0.1, 0.15) is 16.8 Å². The third-order valence-corrected chi connectivity index (χ3v) is 4.33. The third kappa shape index (κ3) is 3.05. The number of hydrogen-bond acceptors (Lipinski definition) is 3. The van der Waals surface area contributed by atoms with Gasteiger partial charge in [0, 0.05) is 28.2 Å². The van der Waals surface area contributed by atoms with E-state index in [4.69, 9.17) is 0 Å². The third-order valence-electron chi connectivity index (χ3n) is 3.19. The fourth-order valence-electron chi connectivity index (χ4n) is 2.11. The van der Waals surface area contributed by atoms with E-state index in [-0.39, 0.29) is 6.03 Å². The Balaban J connectivity index is 1.62. The van der Waals surface area contributed by atoms with Gasteiger partial charge in [-0.25, -0.2) is 9.78 Å². The molecule has 5 nitrogen and oxygen atoms in total. The fraction of sp³-hybridized carbons (Fsp3) is 0.200. The first-order valence-corrected chi connectivity index (χ1v) is 7.62. The molecule has 2 amide bonds. The molecule has 0 aliphatic carbocycles. The Morgan fingerprint density at radius 3 is 3.10 bits per heavy atom. The second kappa shape index (κ2) is 5.97. The number of carbonyl (C=O) groups is 1. The van der Waals surface area contributed by atoms with Gasteiger partial charge in [-0.2, -0.15) is 0 Å². The van der Waals surface area contributed by atoms with Crippen molar-refractivity contribution in [2.24, 2.45) is 0 Å². The number of aromatic nitrogens is 2. The largest absolute Gasteiger partial charge is 0.361 e. The second-order valence-corrected chi connectivity index (χ2v) is 5.83. The number of aryl methyl sites for hydroxylation is 1. The van der Waals surface area contributed by atoms with Crippen molar-refractivity contribution in [2.45, 2.75) is 19.9 Å². The molecule has 6 heteroatoms. The van der Waals surface area contributed by atoms with Crippen molar-refractivity contribution in [1.82, 2.24) is 15.3 Å². The number of H-pyrrole nitrogens is 1. The average Bonchev–Trinajstić information content (AvgIpc) is 3.14. The van der Waals surface area contributed by atoms with Gasteiger partial charge in [0.15, 0.2) is 0 Å². The zero-order valence-electron chi connectivity index (χ0n) is 11.6. The molecule has 0 saturated carbocycles. The number of benzene rings is 1. The highest BCUT2D eigenvalue weighted by atomic mass is 32.1. The van der Waals surface area contributed by atoms with Crippen molar-refractivity contribution in [3.05, 3.63) is 46.5 Å². The van der Waals surface area contributed by atoms with Crippen LogP contribution in [0, 0.1) is 0 Å². The Morgan fingerprint density at radius 1 is 1.38 bits per heavy atom. The molecule has 21 heavy (non-hydrogen) atoms. The number of nitrogens with one attached hydrogen (secondary N) is 3. The number of amides is 2. The molecule has 2 aromatic heterocycles. The first-order valence-electron chi connectivity index (χ1n) is 6.81. The zero-order valence-corrected chi connectivity index (χ0v) is 12.5. The first-order chi connectivity index (χ1) is 10.3. The van der Waals surface area contributed by atoms with Gasteiger partial charge in [0.25, 0.3) is 0 Å². The Morgan fingerprint density at radius 2 is 2.29 bits per heavy atom.